The molecule has 3 rings (SSSR count). The van der Waals surface area contributed by atoms with E-state index in [0.29, 0.717) is 18.2 Å². The van der Waals surface area contributed by atoms with Crippen LogP contribution in [0, 0.1) is 3.57 Å². The lowest BCUT2D eigenvalue weighted by atomic mass is 10.2. The van der Waals surface area contributed by atoms with Crippen molar-refractivity contribution in [3.63, 3.8) is 0 Å². The Kier molecular flexibility index (Phi) is 5.86. The number of benzene rings is 2. The molecule has 2 aromatic rings. The molecule has 2 aromatic carbocycles. The molecule has 1 aliphatic heterocycles. The number of rotatable bonds is 6. The highest BCUT2D eigenvalue weighted by atomic mass is 127. The number of hydrogen-bond acceptors (Lipinski definition) is 4. The van der Waals surface area contributed by atoms with Gasteiger partial charge in [-0.1, -0.05) is 31.5 Å². The topological polar surface area (TPSA) is 47.9 Å². The summed E-state index contributed by atoms with van der Waals surface area (Å²) in [5.41, 5.74) is 1.97. The second kappa shape index (κ2) is 8.29. The Morgan fingerprint density at radius 1 is 1.20 bits per heavy atom. The van der Waals surface area contributed by atoms with E-state index in [4.69, 9.17) is 9.47 Å². The zero-order valence-corrected chi connectivity index (χ0v) is 16.0. The predicted molar refractivity (Wildman–Crippen MR) is 107 cm³/mol. The molecule has 0 N–H and O–H groups in total. The van der Waals surface area contributed by atoms with Crippen LogP contribution in [0.25, 0.3) is 6.08 Å². The maximum Gasteiger partial charge on any atom is 0.363 e. The van der Waals surface area contributed by atoms with Crippen LogP contribution in [-0.2, 0) is 9.53 Å². The third kappa shape index (κ3) is 4.69. The quantitative estimate of drug-likeness (QED) is 0.276. The predicted octanol–water partition coefficient (Wildman–Crippen LogP) is 4.81. The summed E-state index contributed by atoms with van der Waals surface area (Å²) in [7, 11) is 0. The molecule has 0 amide bonds. The molecular formula is C20H18INO3. The first kappa shape index (κ1) is 17.7. The SMILES string of the molecule is CCCCOc1ccc(/C=C2\N=C(c3cccc(I)c3)OC2=O)cc1. The van der Waals surface area contributed by atoms with E-state index in [0.717, 1.165) is 33.3 Å². The number of halogens is 1. The normalized spacial score (nSPS) is 15.2. The zero-order chi connectivity index (χ0) is 17.6. The highest BCUT2D eigenvalue weighted by Crippen LogP contribution is 2.21. The molecule has 1 aliphatic rings. The third-order valence-corrected chi connectivity index (χ3v) is 4.31. The molecule has 0 aromatic heterocycles. The highest BCUT2D eigenvalue weighted by molar-refractivity contribution is 14.1. The first-order valence-electron chi connectivity index (χ1n) is 8.17. The zero-order valence-electron chi connectivity index (χ0n) is 13.9. The molecule has 0 saturated carbocycles. The van der Waals surface area contributed by atoms with Gasteiger partial charge < -0.3 is 9.47 Å². The summed E-state index contributed by atoms with van der Waals surface area (Å²) in [5, 5.41) is 0. The van der Waals surface area contributed by atoms with Gasteiger partial charge in [0.15, 0.2) is 5.70 Å². The van der Waals surface area contributed by atoms with E-state index in [2.05, 4.69) is 34.5 Å². The molecule has 128 valence electrons. The Morgan fingerprint density at radius 3 is 2.72 bits per heavy atom. The molecule has 25 heavy (non-hydrogen) atoms. The second-order valence-electron chi connectivity index (χ2n) is 5.62. The number of aliphatic imine (C=N–C) groups is 1. The van der Waals surface area contributed by atoms with E-state index in [9.17, 15) is 4.79 Å². The lowest BCUT2D eigenvalue weighted by Gasteiger charge is -2.05. The summed E-state index contributed by atoms with van der Waals surface area (Å²) in [6, 6.07) is 15.3. The van der Waals surface area contributed by atoms with Gasteiger partial charge in [0, 0.05) is 9.13 Å². The van der Waals surface area contributed by atoms with Crippen LogP contribution in [0.2, 0.25) is 0 Å². The molecule has 0 radical (unpaired) electrons. The number of nitrogens with zero attached hydrogens (tertiary/aromatic N) is 1. The smallest absolute Gasteiger partial charge is 0.363 e. The summed E-state index contributed by atoms with van der Waals surface area (Å²) in [5.74, 6) is 0.735. The number of hydrogen-bond donors (Lipinski definition) is 0. The van der Waals surface area contributed by atoms with Crippen molar-refractivity contribution in [3.05, 3.63) is 68.9 Å². The van der Waals surface area contributed by atoms with Gasteiger partial charge >= 0.3 is 5.97 Å². The van der Waals surface area contributed by atoms with E-state index in [1.165, 1.54) is 0 Å². The molecule has 0 atom stereocenters. The van der Waals surface area contributed by atoms with Crippen LogP contribution in [-0.4, -0.2) is 18.5 Å². The van der Waals surface area contributed by atoms with Gasteiger partial charge in [-0.05, 0) is 71.0 Å². The van der Waals surface area contributed by atoms with E-state index >= 15 is 0 Å². The van der Waals surface area contributed by atoms with Crippen LogP contribution in [0.3, 0.4) is 0 Å². The molecule has 1 heterocycles. The minimum absolute atomic E-state index is 0.300. The van der Waals surface area contributed by atoms with Gasteiger partial charge in [-0.25, -0.2) is 9.79 Å². The number of cyclic esters (lactones) is 1. The number of esters is 1. The number of unbranched alkanes of at least 4 members (excludes halogenated alkanes) is 1. The standard InChI is InChI=1S/C20H18INO3/c1-2-3-11-24-17-9-7-14(8-10-17)12-18-20(23)25-19(22-18)15-5-4-6-16(21)13-15/h4-10,12-13H,2-3,11H2,1H3/b18-12-. The van der Waals surface area contributed by atoms with Crippen LogP contribution in [0.5, 0.6) is 5.75 Å². The molecule has 4 nitrogen and oxygen atoms in total. The molecular weight excluding hydrogens is 429 g/mol. The van der Waals surface area contributed by atoms with Gasteiger partial charge in [0.1, 0.15) is 5.75 Å². The Bertz CT molecular complexity index is 825. The first-order valence-corrected chi connectivity index (χ1v) is 9.25. The lowest BCUT2D eigenvalue weighted by molar-refractivity contribution is -0.129. The molecule has 0 unspecified atom stereocenters. The molecule has 0 aliphatic carbocycles. The van der Waals surface area contributed by atoms with Crippen molar-refractivity contribution in [3.8, 4) is 5.75 Å². The summed E-state index contributed by atoms with van der Waals surface area (Å²) in [6.07, 6.45) is 3.86. The van der Waals surface area contributed by atoms with Crippen molar-refractivity contribution in [1.82, 2.24) is 0 Å². The van der Waals surface area contributed by atoms with Crippen LogP contribution in [0.1, 0.15) is 30.9 Å². The average Bonchev–Trinajstić information content (AvgIpc) is 2.97. The van der Waals surface area contributed by atoms with Crippen molar-refractivity contribution in [2.24, 2.45) is 4.99 Å². The van der Waals surface area contributed by atoms with Crippen molar-refractivity contribution in [1.29, 1.82) is 0 Å². The van der Waals surface area contributed by atoms with Crippen molar-refractivity contribution >= 4 is 40.5 Å². The Morgan fingerprint density at radius 2 is 2.00 bits per heavy atom. The van der Waals surface area contributed by atoms with Crippen molar-refractivity contribution in [2.45, 2.75) is 19.8 Å². The van der Waals surface area contributed by atoms with Crippen LogP contribution in [0.4, 0.5) is 0 Å². The second-order valence-corrected chi connectivity index (χ2v) is 6.86. The monoisotopic (exact) mass is 447 g/mol. The maximum absolute atomic E-state index is 12.1. The van der Waals surface area contributed by atoms with E-state index < -0.39 is 5.97 Å². The van der Waals surface area contributed by atoms with Gasteiger partial charge in [0.05, 0.1) is 6.61 Å². The van der Waals surface area contributed by atoms with Gasteiger partial charge in [0.2, 0.25) is 5.90 Å². The molecule has 0 fully saturated rings. The van der Waals surface area contributed by atoms with E-state index in [-0.39, 0.29) is 0 Å². The average molecular weight is 447 g/mol. The van der Waals surface area contributed by atoms with Gasteiger partial charge in [0.25, 0.3) is 0 Å². The van der Waals surface area contributed by atoms with E-state index in [1.54, 1.807) is 6.08 Å². The fourth-order valence-corrected chi connectivity index (χ4v) is 2.85. The lowest BCUT2D eigenvalue weighted by Crippen LogP contribution is -2.05. The van der Waals surface area contributed by atoms with Gasteiger partial charge in [-0.15, -0.1) is 0 Å². The first-order chi connectivity index (χ1) is 12.2. The maximum atomic E-state index is 12.1. The van der Waals surface area contributed by atoms with Crippen LogP contribution >= 0.6 is 22.6 Å². The van der Waals surface area contributed by atoms with Gasteiger partial charge in [-0.3, -0.25) is 0 Å². The Balaban J connectivity index is 1.75. The number of carbonyl (C=O) groups excluding carboxylic acids is 1. The third-order valence-electron chi connectivity index (χ3n) is 3.64. The minimum Gasteiger partial charge on any atom is -0.494 e. The summed E-state index contributed by atoms with van der Waals surface area (Å²) >= 11 is 2.21. The van der Waals surface area contributed by atoms with Crippen molar-refractivity contribution in [2.75, 3.05) is 6.61 Å². The summed E-state index contributed by atoms with van der Waals surface area (Å²) in [6.45, 7) is 2.84. The fourth-order valence-electron chi connectivity index (χ4n) is 2.31. The summed E-state index contributed by atoms with van der Waals surface area (Å²) in [4.78, 5) is 16.4. The molecule has 0 saturated heterocycles. The Hall–Kier alpha value is -2.15. The van der Waals surface area contributed by atoms with Crippen molar-refractivity contribution < 1.29 is 14.3 Å². The largest absolute Gasteiger partial charge is 0.494 e. The molecule has 0 spiro atoms. The summed E-state index contributed by atoms with van der Waals surface area (Å²) < 4.78 is 12.0. The molecule has 0 bridgehead atoms. The van der Waals surface area contributed by atoms with Gasteiger partial charge in [-0.2, -0.15) is 0 Å². The highest BCUT2D eigenvalue weighted by Gasteiger charge is 2.24. The van der Waals surface area contributed by atoms with E-state index in [1.807, 2.05) is 48.5 Å². The molecule has 5 heteroatoms. The fraction of sp³-hybridized carbons (Fsp3) is 0.200. The number of ether oxygens (including phenoxy) is 2. The number of carbonyl (C=O) groups is 1. The van der Waals surface area contributed by atoms with Crippen LogP contribution < -0.4 is 4.74 Å². The Labute approximate surface area is 160 Å². The minimum atomic E-state index is -0.433. The van der Waals surface area contributed by atoms with Crippen LogP contribution in [0.15, 0.2) is 59.2 Å².